The van der Waals surface area contributed by atoms with Crippen molar-refractivity contribution >= 4 is 27.3 Å². The quantitative estimate of drug-likeness (QED) is 0.574. The number of anilines is 1. The predicted octanol–water partition coefficient (Wildman–Crippen LogP) is 3.68. The molecule has 0 saturated carbocycles. The van der Waals surface area contributed by atoms with Gasteiger partial charge in [-0.1, -0.05) is 0 Å². The zero-order chi connectivity index (χ0) is 17.3. The summed E-state index contributed by atoms with van der Waals surface area (Å²) in [7, 11) is 3.67. The number of nitro groups is 1. The first-order valence-electron chi connectivity index (χ1n) is 8.39. The molecular formula is C17H24BrN3O3. The number of piperidine rings is 2. The molecule has 24 heavy (non-hydrogen) atoms. The van der Waals surface area contributed by atoms with Crippen LogP contribution in [0.15, 0.2) is 16.6 Å². The van der Waals surface area contributed by atoms with Gasteiger partial charge in [0.25, 0.3) is 0 Å². The minimum atomic E-state index is -0.406. The third kappa shape index (κ3) is 3.37. The lowest BCUT2D eigenvalue weighted by Crippen LogP contribution is -2.46. The minimum Gasteiger partial charge on any atom is -0.490 e. The average molecular weight is 398 g/mol. The summed E-state index contributed by atoms with van der Waals surface area (Å²) < 4.78 is 5.98. The molecule has 0 N–H and O–H groups in total. The molecule has 0 aliphatic carbocycles. The first kappa shape index (κ1) is 17.5. The fraction of sp³-hybridized carbons (Fsp3) is 0.647. The lowest BCUT2D eigenvalue weighted by atomic mass is 9.71. The second kappa shape index (κ2) is 6.88. The normalized spacial score (nSPS) is 21.0. The number of hydrogen-bond acceptors (Lipinski definition) is 5. The summed E-state index contributed by atoms with van der Waals surface area (Å²) in [5.41, 5.74) is 1.47. The first-order chi connectivity index (χ1) is 11.4. The van der Waals surface area contributed by atoms with Gasteiger partial charge in [-0.3, -0.25) is 10.1 Å². The highest BCUT2D eigenvalue weighted by Crippen LogP contribution is 2.44. The Hall–Kier alpha value is -1.34. The van der Waals surface area contributed by atoms with Crippen molar-refractivity contribution in [1.82, 2.24) is 4.90 Å². The highest BCUT2D eigenvalue weighted by atomic mass is 79.9. The molecule has 2 saturated heterocycles. The first-order valence-corrected chi connectivity index (χ1v) is 9.19. The van der Waals surface area contributed by atoms with Crippen LogP contribution >= 0.6 is 15.9 Å². The number of nitro benzene ring substituents is 1. The summed E-state index contributed by atoms with van der Waals surface area (Å²) in [5, 5.41) is 11.1. The average Bonchev–Trinajstić information content (AvgIpc) is 2.58. The summed E-state index contributed by atoms with van der Waals surface area (Å²) >= 11 is 3.50. The van der Waals surface area contributed by atoms with Gasteiger partial charge in [0.15, 0.2) is 5.75 Å². The Kier molecular flexibility index (Phi) is 5.01. The van der Waals surface area contributed by atoms with Crippen molar-refractivity contribution in [1.29, 1.82) is 0 Å². The largest absolute Gasteiger partial charge is 0.490 e. The summed E-state index contributed by atoms with van der Waals surface area (Å²) in [4.78, 5) is 15.5. The molecule has 1 spiro atoms. The molecule has 0 bridgehead atoms. The Bertz CT molecular complexity index is 620. The van der Waals surface area contributed by atoms with E-state index in [0.717, 1.165) is 23.2 Å². The molecule has 1 aromatic carbocycles. The molecule has 2 aliphatic heterocycles. The molecule has 2 aliphatic rings. The van der Waals surface area contributed by atoms with Crippen molar-refractivity contribution in [2.24, 2.45) is 5.41 Å². The van der Waals surface area contributed by atoms with E-state index in [-0.39, 0.29) is 5.69 Å². The van der Waals surface area contributed by atoms with Crippen molar-refractivity contribution in [2.45, 2.75) is 25.7 Å². The van der Waals surface area contributed by atoms with Gasteiger partial charge in [-0.05, 0) is 67.2 Å². The zero-order valence-corrected chi connectivity index (χ0v) is 15.8. The van der Waals surface area contributed by atoms with Gasteiger partial charge in [-0.15, -0.1) is 0 Å². The Morgan fingerprint density at radius 3 is 2.29 bits per heavy atom. The second-order valence-corrected chi connectivity index (χ2v) is 7.88. The van der Waals surface area contributed by atoms with Crippen LogP contribution in [0.1, 0.15) is 25.7 Å². The third-order valence-corrected chi connectivity index (χ3v) is 6.29. The Morgan fingerprint density at radius 2 is 1.75 bits per heavy atom. The van der Waals surface area contributed by atoms with Crippen LogP contribution in [0.3, 0.4) is 0 Å². The lowest BCUT2D eigenvalue weighted by Gasteiger charge is -2.47. The summed E-state index contributed by atoms with van der Waals surface area (Å²) in [6, 6.07) is 3.34. The Morgan fingerprint density at radius 1 is 1.17 bits per heavy atom. The molecule has 7 heteroatoms. The van der Waals surface area contributed by atoms with E-state index in [0.29, 0.717) is 11.2 Å². The van der Waals surface area contributed by atoms with Crippen LogP contribution in [0.4, 0.5) is 11.4 Å². The van der Waals surface area contributed by atoms with Gasteiger partial charge in [0.2, 0.25) is 0 Å². The zero-order valence-electron chi connectivity index (χ0n) is 14.3. The molecular weight excluding hydrogens is 374 g/mol. The van der Waals surface area contributed by atoms with Crippen LogP contribution in [0.2, 0.25) is 0 Å². The van der Waals surface area contributed by atoms with Crippen LogP contribution in [0, 0.1) is 15.5 Å². The molecule has 1 aromatic rings. The standard InChI is InChI=1S/C17H24BrN3O3/c1-19-7-3-17(4-8-19)5-9-20(10-6-17)14-12-16(24-2)15(21(22)23)11-13(14)18/h11-12H,3-10H2,1-2H3. The van der Waals surface area contributed by atoms with Gasteiger partial charge in [-0.2, -0.15) is 0 Å². The van der Waals surface area contributed by atoms with Gasteiger partial charge in [-0.25, -0.2) is 0 Å². The van der Waals surface area contributed by atoms with E-state index >= 15 is 0 Å². The number of methoxy groups -OCH3 is 1. The van der Waals surface area contributed by atoms with Gasteiger partial charge in [0.05, 0.1) is 17.7 Å². The number of nitrogens with zero attached hydrogens (tertiary/aromatic N) is 3. The molecule has 2 fully saturated rings. The van der Waals surface area contributed by atoms with Crippen molar-refractivity contribution in [3.8, 4) is 5.75 Å². The highest BCUT2D eigenvalue weighted by molar-refractivity contribution is 9.10. The summed E-state index contributed by atoms with van der Waals surface area (Å²) in [6.07, 6.45) is 4.93. The molecule has 2 heterocycles. The number of hydrogen-bond donors (Lipinski definition) is 0. The molecule has 0 aromatic heterocycles. The van der Waals surface area contributed by atoms with E-state index in [9.17, 15) is 10.1 Å². The second-order valence-electron chi connectivity index (χ2n) is 7.02. The smallest absolute Gasteiger partial charge is 0.312 e. The molecule has 0 atom stereocenters. The highest BCUT2D eigenvalue weighted by Gasteiger charge is 2.37. The maximum atomic E-state index is 11.1. The topological polar surface area (TPSA) is 58.8 Å². The van der Waals surface area contributed by atoms with Crippen LogP contribution in [0.25, 0.3) is 0 Å². The summed E-state index contributed by atoms with van der Waals surface area (Å²) in [5.74, 6) is 0.317. The van der Waals surface area contributed by atoms with Gasteiger partial charge in [0, 0.05) is 29.7 Å². The van der Waals surface area contributed by atoms with Crippen molar-refractivity contribution in [3.63, 3.8) is 0 Å². The van der Waals surface area contributed by atoms with E-state index < -0.39 is 4.92 Å². The number of ether oxygens (including phenoxy) is 1. The van der Waals surface area contributed by atoms with E-state index in [1.165, 1.54) is 45.9 Å². The van der Waals surface area contributed by atoms with Crippen LogP contribution in [0.5, 0.6) is 5.75 Å². The SMILES string of the molecule is COc1cc(N2CCC3(CCN(C)CC3)CC2)c(Br)cc1[N+](=O)[O-]. The third-order valence-electron chi connectivity index (χ3n) is 5.66. The fourth-order valence-corrected chi connectivity index (χ4v) is 4.48. The fourth-order valence-electron chi connectivity index (χ4n) is 3.90. The molecule has 0 unspecified atom stereocenters. The van der Waals surface area contributed by atoms with Gasteiger partial charge in [0.1, 0.15) is 0 Å². The van der Waals surface area contributed by atoms with Crippen molar-refractivity contribution in [2.75, 3.05) is 45.2 Å². The van der Waals surface area contributed by atoms with Crippen LogP contribution in [-0.4, -0.2) is 50.2 Å². The Balaban J connectivity index is 1.76. The van der Waals surface area contributed by atoms with E-state index in [4.69, 9.17) is 4.74 Å². The molecule has 0 radical (unpaired) electrons. The predicted molar refractivity (Wildman–Crippen MR) is 98.0 cm³/mol. The van der Waals surface area contributed by atoms with Gasteiger partial charge < -0.3 is 14.5 Å². The number of likely N-dealkylation sites (tertiary alicyclic amines) is 1. The molecule has 3 rings (SSSR count). The summed E-state index contributed by atoms with van der Waals surface area (Å²) in [6.45, 7) is 4.36. The molecule has 132 valence electrons. The lowest BCUT2D eigenvalue weighted by molar-refractivity contribution is -0.385. The maximum absolute atomic E-state index is 11.1. The Labute approximate surface area is 151 Å². The maximum Gasteiger partial charge on any atom is 0.312 e. The van der Waals surface area contributed by atoms with Crippen molar-refractivity contribution < 1.29 is 9.66 Å². The monoisotopic (exact) mass is 397 g/mol. The molecule has 0 amide bonds. The van der Waals surface area contributed by atoms with Gasteiger partial charge >= 0.3 is 5.69 Å². The van der Waals surface area contributed by atoms with Crippen LogP contribution in [-0.2, 0) is 0 Å². The van der Waals surface area contributed by atoms with Crippen molar-refractivity contribution in [3.05, 3.63) is 26.7 Å². The number of benzene rings is 1. The minimum absolute atomic E-state index is 0.00285. The number of rotatable bonds is 3. The number of halogens is 1. The van der Waals surface area contributed by atoms with Crippen LogP contribution < -0.4 is 9.64 Å². The van der Waals surface area contributed by atoms with E-state index in [1.807, 2.05) is 0 Å². The van der Waals surface area contributed by atoms with E-state index in [2.05, 4.69) is 32.8 Å². The molecule has 6 nitrogen and oxygen atoms in total. The van der Waals surface area contributed by atoms with E-state index in [1.54, 1.807) is 12.1 Å².